The number of nitrogens with zero attached hydrogens (tertiary/aromatic N) is 1. The van der Waals surface area contributed by atoms with Crippen molar-refractivity contribution in [3.63, 3.8) is 0 Å². The number of pyridine rings is 1. The van der Waals surface area contributed by atoms with Crippen molar-refractivity contribution >= 4 is 10.9 Å². The molecule has 0 radical (unpaired) electrons. The first-order valence-corrected chi connectivity index (χ1v) is 7.22. The minimum Gasteiger partial charge on any atom is -0.385 e. The molecule has 106 valence electrons. The van der Waals surface area contributed by atoms with Crippen molar-refractivity contribution < 1.29 is 5.11 Å². The Morgan fingerprint density at radius 3 is 2.33 bits per heavy atom. The van der Waals surface area contributed by atoms with Gasteiger partial charge in [0.25, 0.3) is 0 Å². The van der Waals surface area contributed by atoms with E-state index in [9.17, 15) is 5.11 Å². The first kappa shape index (κ1) is 13.8. The van der Waals surface area contributed by atoms with Gasteiger partial charge in [-0.25, -0.2) is 0 Å². The lowest BCUT2D eigenvalue weighted by Crippen LogP contribution is -2.28. The highest BCUT2D eigenvalue weighted by Crippen LogP contribution is 2.35. The number of aliphatic hydroxyl groups is 1. The molecule has 1 N–H and O–H groups in total. The van der Waals surface area contributed by atoms with Crippen LogP contribution in [0.15, 0.2) is 66.7 Å². The van der Waals surface area contributed by atoms with Crippen LogP contribution in [0.2, 0.25) is 0 Å². The maximum atomic E-state index is 10.9. The van der Waals surface area contributed by atoms with Gasteiger partial charge in [-0.15, -0.1) is 0 Å². The molecule has 0 aliphatic heterocycles. The molecule has 1 aromatic heterocycles. The molecule has 2 atom stereocenters. The van der Waals surface area contributed by atoms with Crippen LogP contribution in [0.1, 0.15) is 31.0 Å². The fraction of sp³-hybridized carbons (Fsp3) is 0.211. The lowest BCUT2D eigenvalue weighted by atomic mass is 9.82. The molecule has 3 rings (SSSR count). The van der Waals surface area contributed by atoms with Gasteiger partial charge < -0.3 is 5.11 Å². The fourth-order valence-corrected chi connectivity index (χ4v) is 2.64. The molecular weight excluding hydrogens is 258 g/mol. The third-order valence-electron chi connectivity index (χ3n) is 4.27. The van der Waals surface area contributed by atoms with Crippen molar-refractivity contribution in [3.8, 4) is 0 Å². The van der Waals surface area contributed by atoms with Crippen LogP contribution in [-0.2, 0) is 5.60 Å². The molecule has 0 aliphatic rings. The summed E-state index contributed by atoms with van der Waals surface area (Å²) in [5.41, 5.74) is 1.83. The van der Waals surface area contributed by atoms with Crippen LogP contribution < -0.4 is 0 Å². The molecule has 0 bridgehead atoms. The predicted octanol–water partition coefficient (Wildman–Crippen LogP) is 4.25. The van der Waals surface area contributed by atoms with Crippen molar-refractivity contribution in [2.75, 3.05) is 0 Å². The van der Waals surface area contributed by atoms with Crippen molar-refractivity contribution in [2.24, 2.45) is 0 Å². The zero-order chi connectivity index (χ0) is 14.9. The molecule has 2 nitrogen and oxygen atoms in total. The first-order valence-electron chi connectivity index (χ1n) is 7.22. The Balaban J connectivity index is 2.01. The van der Waals surface area contributed by atoms with E-state index in [1.807, 2.05) is 74.5 Å². The highest BCUT2D eigenvalue weighted by atomic mass is 16.3. The van der Waals surface area contributed by atoms with Crippen molar-refractivity contribution in [1.29, 1.82) is 0 Å². The highest BCUT2D eigenvalue weighted by molar-refractivity contribution is 5.78. The molecule has 0 aliphatic carbocycles. The summed E-state index contributed by atoms with van der Waals surface area (Å²) in [4.78, 5) is 4.71. The Labute approximate surface area is 125 Å². The van der Waals surface area contributed by atoms with Crippen LogP contribution in [0.25, 0.3) is 10.9 Å². The molecular formula is C19H19NO. The van der Waals surface area contributed by atoms with Crippen LogP contribution in [-0.4, -0.2) is 10.1 Å². The largest absolute Gasteiger partial charge is 0.385 e. The summed E-state index contributed by atoms with van der Waals surface area (Å²) in [7, 11) is 0. The molecule has 1 heterocycles. The smallest absolute Gasteiger partial charge is 0.0949 e. The number of hydrogen-bond donors (Lipinski definition) is 1. The number of hydrogen-bond acceptors (Lipinski definition) is 2. The minimum atomic E-state index is -0.948. The Morgan fingerprint density at radius 1 is 0.905 bits per heavy atom. The highest BCUT2D eigenvalue weighted by Gasteiger charge is 2.32. The van der Waals surface area contributed by atoms with Crippen LogP contribution in [0, 0.1) is 0 Å². The van der Waals surface area contributed by atoms with Gasteiger partial charge in [0.05, 0.1) is 11.1 Å². The van der Waals surface area contributed by atoms with E-state index in [-0.39, 0.29) is 5.92 Å². The van der Waals surface area contributed by atoms with E-state index in [1.54, 1.807) is 0 Å². The average Bonchev–Trinajstić information content (AvgIpc) is 2.54. The van der Waals surface area contributed by atoms with Gasteiger partial charge >= 0.3 is 0 Å². The summed E-state index contributed by atoms with van der Waals surface area (Å²) in [6.45, 7) is 3.87. The predicted molar refractivity (Wildman–Crippen MR) is 86.2 cm³/mol. The Morgan fingerprint density at radius 2 is 1.57 bits per heavy atom. The van der Waals surface area contributed by atoms with Gasteiger partial charge in [-0.05, 0) is 24.6 Å². The topological polar surface area (TPSA) is 33.1 Å². The van der Waals surface area contributed by atoms with E-state index in [0.717, 1.165) is 22.2 Å². The second-order valence-corrected chi connectivity index (χ2v) is 5.66. The van der Waals surface area contributed by atoms with Gasteiger partial charge in [0.1, 0.15) is 0 Å². The molecule has 2 heteroatoms. The fourth-order valence-electron chi connectivity index (χ4n) is 2.64. The number of benzene rings is 2. The van der Waals surface area contributed by atoms with E-state index in [1.165, 1.54) is 0 Å². The Kier molecular flexibility index (Phi) is 3.48. The molecule has 0 unspecified atom stereocenters. The molecule has 3 aromatic rings. The standard InChI is InChI=1S/C19H19NO/c1-14(19(2,21)16-9-4-3-5-10-16)17-13-12-15-8-6-7-11-18(15)20-17/h3-14,21H,1-2H3/t14-,19+/m1/s1. The van der Waals surface area contributed by atoms with E-state index >= 15 is 0 Å². The number of fused-ring (bicyclic) bond motifs is 1. The van der Waals surface area contributed by atoms with E-state index in [0.29, 0.717) is 0 Å². The quantitative estimate of drug-likeness (QED) is 0.776. The third kappa shape index (κ3) is 2.55. The van der Waals surface area contributed by atoms with Crippen molar-refractivity contribution in [1.82, 2.24) is 4.98 Å². The van der Waals surface area contributed by atoms with Crippen LogP contribution in [0.5, 0.6) is 0 Å². The average molecular weight is 277 g/mol. The number of para-hydroxylation sites is 1. The zero-order valence-corrected chi connectivity index (χ0v) is 12.3. The van der Waals surface area contributed by atoms with E-state index in [4.69, 9.17) is 4.98 Å². The minimum absolute atomic E-state index is 0.0930. The molecule has 0 saturated heterocycles. The zero-order valence-electron chi connectivity index (χ0n) is 12.3. The SMILES string of the molecule is C[C@H](c1ccc2ccccc2n1)[C@](C)(O)c1ccccc1. The summed E-state index contributed by atoms with van der Waals surface area (Å²) in [5, 5.41) is 12.1. The number of rotatable bonds is 3. The van der Waals surface area contributed by atoms with Gasteiger partial charge in [0.15, 0.2) is 0 Å². The Hall–Kier alpha value is -2.19. The monoisotopic (exact) mass is 277 g/mol. The molecule has 0 spiro atoms. The summed E-state index contributed by atoms with van der Waals surface area (Å²) in [6.07, 6.45) is 0. The lowest BCUT2D eigenvalue weighted by molar-refractivity contribution is 0.0312. The molecule has 0 fully saturated rings. The summed E-state index contributed by atoms with van der Waals surface area (Å²) >= 11 is 0. The summed E-state index contributed by atoms with van der Waals surface area (Å²) in [5.74, 6) is -0.0930. The summed E-state index contributed by atoms with van der Waals surface area (Å²) < 4.78 is 0. The number of aromatic nitrogens is 1. The third-order valence-corrected chi connectivity index (χ3v) is 4.27. The molecule has 2 aromatic carbocycles. The van der Waals surface area contributed by atoms with E-state index < -0.39 is 5.60 Å². The van der Waals surface area contributed by atoms with Crippen molar-refractivity contribution in [2.45, 2.75) is 25.4 Å². The normalized spacial score (nSPS) is 15.6. The van der Waals surface area contributed by atoms with E-state index in [2.05, 4.69) is 6.07 Å². The Bertz CT molecular complexity index is 750. The van der Waals surface area contributed by atoms with Crippen LogP contribution in [0.4, 0.5) is 0 Å². The molecule has 21 heavy (non-hydrogen) atoms. The summed E-state index contributed by atoms with van der Waals surface area (Å²) in [6, 6.07) is 21.9. The van der Waals surface area contributed by atoms with Gasteiger partial charge in [-0.2, -0.15) is 0 Å². The second-order valence-electron chi connectivity index (χ2n) is 5.66. The van der Waals surface area contributed by atoms with Gasteiger partial charge in [0.2, 0.25) is 0 Å². The van der Waals surface area contributed by atoms with Gasteiger partial charge in [-0.3, -0.25) is 4.98 Å². The molecule has 0 saturated carbocycles. The second kappa shape index (κ2) is 5.30. The van der Waals surface area contributed by atoms with Gasteiger partial charge in [-0.1, -0.05) is 61.5 Å². The van der Waals surface area contributed by atoms with Crippen LogP contribution in [0.3, 0.4) is 0 Å². The van der Waals surface area contributed by atoms with Crippen molar-refractivity contribution in [3.05, 3.63) is 78.0 Å². The maximum absolute atomic E-state index is 10.9. The maximum Gasteiger partial charge on any atom is 0.0949 e. The first-order chi connectivity index (χ1) is 10.1. The molecule has 0 amide bonds. The lowest BCUT2D eigenvalue weighted by Gasteiger charge is -2.30. The van der Waals surface area contributed by atoms with Gasteiger partial charge in [0, 0.05) is 17.0 Å². The van der Waals surface area contributed by atoms with Crippen LogP contribution >= 0.6 is 0 Å².